The molecule has 1 heterocycles. The SMILES string of the molecule is CCOc1ccc([C@H]2C(C(C)=O)=C(O)C(=O)N2CCCOC(C)C)cc1. The third-order valence-electron chi connectivity index (χ3n) is 4.18. The van der Waals surface area contributed by atoms with Crippen molar-refractivity contribution in [3.05, 3.63) is 41.2 Å². The Morgan fingerprint density at radius 1 is 1.27 bits per heavy atom. The van der Waals surface area contributed by atoms with Gasteiger partial charge in [0, 0.05) is 13.2 Å². The number of hydrogen-bond acceptors (Lipinski definition) is 5. The molecule has 1 aromatic rings. The molecule has 0 saturated heterocycles. The molecule has 0 unspecified atom stereocenters. The molecule has 142 valence electrons. The first kappa shape index (κ1) is 20.0. The predicted octanol–water partition coefficient (Wildman–Crippen LogP) is 3.18. The van der Waals surface area contributed by atoms with Crippen LogP contribution in [-0.4, -0.2) is 47.6 Å². The fourth-order valence-corrected chi connectivity index (χ4v) is 3.06. The quantitative estimate of drug-likeness (QED) is 0.684. The zero-order valence-corrected chi connectivity index (χ0v) is 15.8. The first-order chi connectivity index (χ1) is 12.4. The molecular weight excluding hydrogens is 334 g/mol. The third-order valence-corrected chi connectivity index (χ3v) is 4.18. The van der Waals surface area contributed by atoms with E-state index in [0.717, 1.165) is 11.3 Å². The maximum Gasteiger partial charge on any atom is 0.290 e. The lowest BCUT2D eigenvalue weighted by Gasteiger charge is -2.27. The number of amides is 1. The maximum atomic E-state index is 12.5. The molecular formula is C20H27NO5. The van der Waals surface area contributed by atoms with E-state index in [-0.39, 0.29) is 17.5 Å². The Morgan fingerprint density at radius 2 is 1.92 bits per heavy atom. The summed E-state index contributed by atoms with van der Waals surface area (Å²) in [6.07, 6.45) is 0.737. The minimum absolute atomic E-state index is 0.116. The van der Waals surface area contributed by atoms with Crippen LogP contribution in [0.2, 0.25) is 0 Å². The van der Waals surface area contributed by atoms with E-state index >= 15 is 0 Å². The Labute approximate surface area is 154 Å². The van der Waals surface area contributed by atoms with Crippen LogP contribution in [0, 0.1) is 0 Å². The maximum absolute atomic E-state index is 12.5. The van der Waals surface area contributed by atoms with Gasteiger partial charge in [0.05, 0.1) is 24.3 Å². The molecule has 26 heavy (non-hydrogen) atoms. The third kappa shape index (κ3) is 4.43. The van der Waals surface area contributed by atoms with E-state index in [1.54, 1.807) is 12.1 Å². The summed E-state index contributed by atoms with van der Waals surface area (Å²) < 4.78 is 11.0. The minimum Gasteiger partial charge on any atom is -0.503 e. The van der Waals surface area contributed by atoms with Gasteiger partial charge in [-0.3, -0.25) is 9.59 Å². The monoisotopic (exact) mass is 361 g/mol. The fraction of sp³-hybridized carbons (Fsp3) is 0.500. The number of aliphatic hydroxyl groups is 1. The van der Waals surface area contributed by atoms with Gasteiger partial charge in [0.2, 0.25) is 0 Å². The molecule has 6 heteroatoms. The number of carbonyl (C=O) groups is 2. The molecule has 0 spiro atoms. The zero-order valence-electron chi connectivity index (χ0n) is 15.8. The van der Waals surface area contributed by atoms with Crippen molar-refractivity contribution in [1.29, 1.82) is 0 Å². The molecule has 1 aliphatic rings. The van der Waals surface area contributed by atoms with Gasteiger partial charge in [-0.15, -0.1) is 0 Å². The fourth-order valence-electron chi connectivity index (χ4n) is 3.06. The second-order valence-corrected chi connectivity index (χ2v) is 6.49. The highest BCUT2D eigenvalue weighted by Gasteiger charge is 2.41. The van der Waals surface area contributed by atoms with Crippen LogP contribution in [0.5, 0.6) is 5.75 Å². The van der Waals surface area contributed by atoms with E-state index in [4.69, 9.17) is 9.47 Å². The van der Waals surface area contributed by atoms with E-state index in [1.807, 2.05) is 32.9 Å². The van der Waals surface area contributed by atoms with Crippen LogP contribution in [0.1, 0.15) is 45.7 Å². The molecule has 0 fully saturated rings. The minimum atomic E-state index is -0.588. The lowest BCUT2D eigenvalue weighted by atomic mass is 9.96. The largest absolute Gasteiger partial charge is 0.503 e. The first-order valence-corrected chi connectivity index (χ1v) is 8.96. The summed E-state index contributed by atoms with van der Waals surface area (Å²) in [7, 11) is 0. The average molecular weight is 361 g/mol. The van der Waals surface area contributed by atoms with Crippen molar-refractivity contribution in [1.82, 2.24) is 4.90 Å². The van der Waals surface area contributed by atoms with Crippen molar-refractivity contribution < 1.29 is 24.2 Å². The molecule has 1 N–H and O–H groups in total. The van der Waals surface area contributed by atoms with Gasteiger partial charge < -0.3 is 19.5 Å². The Kier molecular flexibility index (Phi) is 6.80. The van der Waals surface area contributed by atoms with Gasteiger partial charge in [0.1, 0.15) is 5.75 Å². The Balaban J connectivity index is 2.25. The van der Waals surface area contributed by atoms with Crippen molar-refractivity contribution in [2.75, 3.05) is 19.8 Å². The molecule has 0 saturated carbocycles. The summed E-state index contributed by atoms with van der Waals surface area (Å²) >= 11 is 0. The summed E-state index contributed by atoms with van der Waals surface area (Å²) in [6.45, 7) is 8.63. The van der Waals surface area contributed by atoms with Crippen LogP contribution < -0.4 is 4.74 Å². The second kappa shape index (κ2) is 8.85. The van der Waals surface area contributed by atoms with E-state index in [9.17, 15) is 14.7 Å². The van der Waals surface area contributed by atoms with Crippen molar-refractivity contribution in [3.63, 3.8) is 0 Å². The van der Waals surface area contributed by atoms with E-state index < -0.39 is 17.7 Å². The van der Waals surface area contributed by atoms with Gasteiger partial charge in [0.25, 0.3) is 5.91 Å². The topological polar surface area (TPSA) is 76.1 Å². The number of aliphatic hydroxyl groups excluding tert-OH is 1. The summed E-state index contributed by atoms with van der Waals surface area (Å²) in [6, 6.07) is 6.66. The van der Waals surface area contributed by atoms with E-state index in [2.05, 4.69) is 0 Å². The van der Waals surface area contributed by atoms with Gasteiger partial charge in [-0.1, -0.05) is 12.1 Å². The molecule has 2 rings (SSSR count). The highest BCUT2D eigenvalue weighted by atomic mass is 16.5. The molecule has 1 aromatic carbocycles. The Bertz CT molecular complexity index is 678. The van der Waals surface area contributed by atoms with Crippen LogP contribution in [-0.2, 0) is 14.3 Å². The van der Waals surface area contributed by atoms with Crippen molar-refractivity contribution in [2.45, 2.75) is 46.3 Å². The smallest absolute Gasteiger partial charge is 0.290 e. The molecule has 0 radical (unpaired) electrons. The molecule has 1 amide bonds. The summed E-state index contributed by atoms with van der Waals surface area (Å²) in [4.78, 5) is 26.1. The normalized spacial score (nSPS) is 17.3. The summed E-state index contributed by atoms with van der Waals surface area (Å²) in [5, 5.41) is 10.2. The Hall–Kier alpha value is -2.34. The summed E-state index contributed by atoms with van der Waals surface area (Å²) in [5.41, 5.74) is 0.907. The lowest BCUT2D eigenvalue weighted by molar-refractivity contribution is -0.129. The molecule has 0 bridgehead atoms. The van der Waals surface area contributed by atoms with Crippen LogP contribution >= 0.6 is 0 Å². The van der Waals surface area contributed by atoms with Crippen LogP contribution in [0.4, 0.5) is 0 Å². The number of Topliss-reactive ketones (excluding diaryl/α,β-unsaturated/α-hetero) is 1. The van der Waals surface area contributed by atoms with Gasteiger partial charge in [-0.2, -0.15) is 0 Å². The van der Waals surface area contributed by atoms with Gasteiger partial charge in [-0.05, 0) is 51.8 Å². The van der Waals surface area contributed by atoms with Crippen molar-refractivity contribution in [3.8, 4) is 5.75 Å². The van der Waals surface area contributed by atoms with E-state index in [0.29, 0.717) is 26.2 Å². The molecule has 0 aliphatic carbocycles. The Morgan fingerprint density at radius 3 is 2.46 bits per heavy atom. The first-order valence-electron chi connectivity index (χ1n) is 8.96. The van der Waals surface area contributed by atoms with Gasteiger partial charge in [-0.25, -0.2) is 0 Å². The van der Waals surface area contributed by atoms with Crippen LogP contribution in [0.25, 0.3) is 0 Å². The number of benzene rings is 1. The van der Waals surface area contributed by atoms with Crippen molar-refractivity contribution >= 4 is 11.7 Å². The number of ketones is 1. The number of ether oxygens (including phenoxy) is 2. The van der Waals surface area contributed by atoms with Gasteiger partial charge >= 0.3 is 0 Å². The molecule has 1 aliphatic heterocycles. The molecule has 6 nitrogen and oxygen atoms in total. The van der Waals surface area contributed by atoms with Crippen LogP contribution in [0.3, 0.4) is 0 Å². The number of rotatable bonds is 9. The second-order valence-electron chi connectivity index (χ2n) is 6.49. The standard InChI is InChI=1S/C20H27NO5/c1-5-25-16-9-7-15(8-10-16)18-17(14(4)22)19(23)20(24)21(18)11-6-12-26-13(2)3/h7-10,13,18,23H,5-6,11-12H2,1-4H3/t18-/m0/s1. The predicted molar refractivity (Wildman–Crippen MR) is 98.1 cm³/mol. The zero-order chi connectivity index (χ0) is 19.3. The molecule has 1 atom stereocenters. The number of hydrogen-bond donors (Lipinski definition) is 1. The number of nitrogens with zero attached hydrogens (tertiary/aromatic N) is 1. The highest BCUT2D eigenvalue weighted by molar-refractivity contribution is 6.08. The van der Waals surface area contributed by atoms with Crippen molar-refractivity contribution in [2.24, 2.45) is 0 Å². The summed E-state index contributed by atoms with van der Waals surface area (Å²) in [5.74, 6) is -0.564. The lowest BCUT2D eigenvalue weighted by Crippen LogP contribution is -2.32. The highest BCUT2D eigenvalue weighted by Crippen LogP contribution is 2.38. The van der Waals surface area contributed by atoms with Crippen LogP contribution in [0.15, 0.2) is 35.6 Å². The molecule has 0 aromatic heterocycles. The average Bonchev–Trinajstić information content (AvgIpc) is 2.84. The van der Waals surface area contributed by atoms with E-state index in [1.165, 1.54) is 11.8 Å². The number of carbonyl (C=O) groups excluding carboxylic acids is 2. The van der Waals surface area contributed by atoms with Gasteiger partial charge in [0.15, 0.2) is 11.5 Å².